The number of ether oxygens (including phenoxy) is 4. The van der Waals surface area contributed by atoms with Gasteiger partial charge in [-0.25, -0.2) is 0 Å². The normalized spacial score (nSPS) is 11.2. The lowest BCUT2D eigenvalue weighted by Crippen LogP contribution is -2.06. The summed E-state index contributed by atoms with van der Waals surface area (Å²) in [5.74, 6) is 1.20. The Labute approximate surface area is 311 Å². The summed E-state index contributed by atoms with van der Waals surface area (Å²) in [7, 11) is -8.46. The standard InChI is InChI=1S/C40H28N2O10S2/c1-25-5-3-6-36(34(25)23-41)51-30-17-19-32(39(21-30)53(43,44)45)33-20-18-31(22-40(33)54(46,47)48)52-38-8-4-7-37(35(38)24-42)50-29-15-11-27(12-16-29)26-9-13-28(49-2)14-10-26/h3-22H,1-2H3,(H,43,44,45)(H,46,47,48). The summed E-state index contributed by atoms with van der Waals surface area (Å²) in [4.78, 5) is -1.50. The summed E-state index contributed by atoms with van der Waals surface area (Å²) in [6.07, 6.45) is 0. The van der Waals surface area contributed by atoms with Crippen molar-refractivity contribution in [3.05, 3.63) is 138 Å². The van der Waals surface area contributed by atoms with Crippen LogP contribution in [0.5, 0.6) is 40.2 Å². The molecule has 0 unspecified atom stereocenters. The van der Waals surface area contributed by atoms with Crippen molar-refractivity contribution in [1.29, 1.82) is 10.5 Å². The van der Waals surface area contributed by atoms with Crippen molar-refractivity contribution >= 4 is 20.2 Å². The number of aryl methyl sites for hydroxylation is 1. The van der Waals surface area contributed by atoms with E-state index < -0.39 is 30.0 Å². The van der Waals surface area contributed by atoms with Crippen molar-refractivity contribution in [3.8, 4) is 74.6 Å². The summed E-state index contributed by atoms with van der Waals surface area (Å²) < 4.78 is 93.8. The Kier molecular flexibility index (Phi) is 10.4. The molecule has 0 radical (unpaired) electrons. The average Bonchev–Trinajstić information content (AvgIpc) is 3.15. The molecular weight excluding hydrogens is 733 g/mol. The summed E-state index contributed by atoms with van der Waals surface area (Å²) in [6.45, 7) is 1.69. The highest BCUT2D eigenvalue weighted by atomic mass is 32.2. The quantitative estimate of drug-likeness (QED) is 0.119. The third-order valence-corrected chi connectivity index (χ3v) is 9.95. The molecule has 0 spiro atoms. The predicted octanol–water partition coefficient (Wildman–Crippen LogP) is 8.95. The van der Waals surface area contributed by atoms with E-state index in [-0.39, 0.29) is 51.0 Å². The summed E-state index contributed by atoms with van der Waals surface area (Å²) in [5, 5.41) is 19.6. The lowest BCUT2D eigenvalue weighted by Gasteiger charge is -2.16. The van der Waals surface area contributed by atoms with Crippen LogP contribution in [0, 0.1) is 29.6 Å². The molecule has 54 heavy (non-hydrogen) atoms. The zero-order chi connectivity index (χ0) is 38.6. The van der Waals surface area contributed by atoms with Crippen LogP contribution in [0.25, 0.3) is 22.3 Å². The molecule has 2 N–H and O–H groups in total. The van der Waals surface area contributed by atoms with E-state index in [0.717, 1.165) is 29.0 Å². The first kappa shape index (κ1) is 37.1. The summed E-state index contributed by atoms with van der Waals surface area (Å²) >= 11 is 0. The van der Waals surface area contributed by atoms with Gasteiger partial charge in [0.1, 0.15) is 67.7 Å². The van der Waals surface area contributed by atoms with Gasteiger partial charge in [0.25, 0.3) is 20.2 Å². The van der Waals surface area contributed by atoms with E-state index in [0.29, 0.717) is 11.3 Å². The van der Waals surface area contributed by atoms with Crippen LogP contribution in [-0.4, -0.2) is 33.1 Å². The number of hydrogen-bond donors (Lipinski definition) is 2. The fraction of sp³-hybridized carbons (Fsp3) is 0.0500. The van der Waals surface area contributed by atoms with Gasteiger partial charge in [0.15, 0.2) is 0 Å². The van der Waals surface area contributed by atoms with Gasteiger partial charge in [-0.3, -0.25) is 9.11 Å². The van der Waals surface area contributed by atoms with E-state index in [9.17, 15) is 36.5 Å². The van der Waals surface area contributed by atoms with Gasteiger partial charge in [-0.05, 0) is 90.3 Å². The molecule has 0 aliphatic heterocycles. The summed E-state index contributed by atoms with van der Waals surface area (Å²) in [6, 6.07) is 35.0. The van der Waals surface area contributed by atoms with Gasteiger partial charge < -0.3 is 18.9 Å². The van der Waals surface area contributed by atoms with Gasteiger partial charge >= 0.3 is 0 Å². The van der Waals surface area contributed by atoms with Crippen LogP contribution in [0.4, 0.5) is 0 Å². The minimum atomic E-state index is -5.04. The smallest absolute Gasteiger partial charge is 0.295 e. The van der Waals surface area contributed by atoms with Gasteiger partial charge in [-0.1, -0.05) is 42.5 Å². The van der Waals surface area contributed by atoms with Crippen molar-refractivity contribution in [3.63, 3.8) is 0 Å². The highest BCUT2D eigenvalue weighted by Crippen LogP contribution is 2.40. The second-order valence-electron chi connectivity index (χ2n) is 11.6. The molecular formula is C40H28N2O10S2. The Morgan fingerprint density at radius 2 is 0.907 bits per heavy atom. The van der Waals surface area contributed by atoms with Gasteiger partial charge in [0, 0.05) is 23.3 Å². The number of hydrogen-bond acceptors (Lipinski definition) is 10. The highest BCUT2D eigenvalue weighted by Gasteiger charge is 2.25. The van der Waals surface area contributed by atoms with Crippen molar-refractivity contribution in [2.45, 2.75) is 16.7 Å². The fourth-order valence-electron chi connectivity index (χ4n) is 5.54. The molecule has 270 valence electrons. The molecule has 6 aromatic rings. The molecule has 0 heterocycles. The molecule has 0 aliphatic carbocycles. The van der Waals surface area contributed by atoms with E-state index in [1.807, 2.05) is 48.5 Å². The maximum absolute atomic E-state index is 12.7. The minimum Gasteiger partial charge on any atom is -0.497 e. The van der Waals surface area contributed by atoms with E-state index in [2.05, 4.69) is 0 Å². The first-order valence-electron chi connectivity index (χ1n) is 15.8. The topological polar surface area (TPSA) is 193 Å². The molecule has 0 atom stereocenters. The number of nitrogens with zero attached hydrogens (tertiary/aromatic N) is 2. The maximum atomic E-state index is 12.7. The first-order chi connectivity index (χ1) is 25.8. The van der Waals surface area contributed by atoms with Crippen LogP contribution in [-0.2, 0) is 20.2 Å². The number of methoxy groups -OCH3 is 1. The van der Waals surface area contributed by atoms with Crippen LogP contribution in [0.15, 0.2) is 131 Å². The van der Waals surface area contributed by atoms with Crippen molar-refractivity contribution in [2.75, 3.05) is 7.11 Å². The van der Waals surface area contributed by atoms with Crippen molar-refractivity contribution < 1.29 is 44.9 Å². The van der Waals surface area contributed by atoms with Crippen LogP contribution in [0.2, 0.25) is 0 Å². The number of benzene rings is 6. The van der Waals surface area contributed by atoms with Crippen LogP contribution >= 0.6 is 0 Å². The zero-order valence-electron chi connectivity index (χ0n) is 28.4. The Morgan fingerprint density at radius 1 is 0.519 bits per heavy atom. The Balaban J connectivity index is 1.31. The maximum Gasteiger partial charge on any atom is 0.295 e. The van der Waals surface area contributed by atoms with Gasteiger partial charge in [-0.2, -0.15) is 27.4 Å². The second-order valence-corrected chi connectivity index (χ2v) is 14.4. The lowest BCUT2D eigenvalue weighted by molar-refractivity contribution is 0.415. The van der Waals surface area contributed by atoms with Gasteiger partial charge in [0.05, 0.1) is 12.7 Å². The van der Waals surface area contributed by atoms with E-state index >= 15 is 0 Å². The largest absolute Gasteiger partial charge is 0.497 e. The number of rotatable bonds is 11. The second kappa shape index (κ2) is 15.1. The van der Waals surface area contributed by atoms with E-state index in [1.54, 1.807) is 50.4 Å². The van der Waals surface area contributed by atoms with Crippen LogP contribution < -0.4 is 18.9 Å². The predicted molar refractivity (Wildman–Crippen MR) is 197 cm³/mol. The molecule has 0 amide bonds. The van der Waals surface area contributed by atoms with Gasteiger partial charge in [0.2, 0.25) is 0 Å². The number of nitriles is 2. The minimum absolute atomic E-state index is 0.00750. The third kappa shape index (κ3) is 8.03. The van der Waals surface area contributed by atoms with Crippen molar-refractivity contribution in [1.82, 2.24) is 0 Å². The highest BCUT2D eigenvalue weighted by molar-refractivity contribution is 7.86. The Bertz CT molecular complexity index is 2700. The molecule has 0 fully saturated rings. The van der Waals surface area contributed by atoms with Crippen LogP contribution in [0.1, 0.15) is 16.7 Å². The monoisotopic (exact) mass is 760 g/mol. The summed E-state index contributed by atoms with van der Waals surface area (Å²) in [5.41, 5.74) is 2.08. The molecule has 0 aromatic heterocycles. The third-order valence-electron chi connectivity index (χ3n) is 8.16. The van der Waals surface area contributed by atoms with Crippen LogP contribution in [0.3, 0.4) is 0 Å². The zero-order valence-corrected chi connectivity index (χ0v) is 30.1. The van der Waals surface area contributed by atoms with Crippen molar-refractivity contribution in [2.24, 2.45) is 0 Å². The molecule has 6 aromatic carbocycles. The Hall–Kier alpha value is -6.68. The molecule has 0 saturated heterocycles. The molecule has 0 aliphatic rings. The molecule has 14 heteroatoms. The molecule has 6 rings (SSSR count). The SMILES string of the molecule is COc1ccc(-c2ccc(Oc3cccc(Oc4ccc(-c5ccc(Oc6cccc(C)c6C#N)cc5S(=O)(=O)O)c(S(=O)(=O)O)c4)c3C#N)cc2)cc1. The Morgan fingerprint density at radius 3 is 1.33 bits per heavy atom. The molecule has 0 saturated carbocycles. The molecule has 0 bridgehead atoms. The fourth-order valence-corrected chi connectivity index (χ4v) is 6.99. The van der Waals surface area contributed by atoms with E-state index in [4.69, 9.17) is 18.9 Å². The molecule has 12 nitrogen and oxygen atoms in total. The lowest BCUT2D eigenvalue weighted by atomic mass is 10.0. The first-order valence-corrected chi connectivity index (χ1v) is 18.7. The van der Waals surface area contributed by atoms with Gasteiger partial charge in [-0.15, -0.1) is 0 Å². The van der Waals surface area contributed by atoms with E-state index in [1.165, 1.54) is 36.4 Å². The average molecular weight is 761 g/mol.